The lowest BCUT2D eigenvalue weighted by atomic mass is 9.87. The molecule has 1 aliphatic rings. The van der Waals surface area contributed by atoms with E-state index in [9.17, 15) is 10.1 Å². The van der Waals surface area contributed by atoms with Crippen LogP contribution in [0.1, 0.15) is 18.4 Å². The Bertz CT molecular complexity index is 371. The van der Waals surface area contributed by atoms with Crippen molar-refractivity contribution in [2.75, 3.05) is 0 Å². The van der Waals surface area contributed by atoms with Crippen LogP contribution in [0.3, 0.4) is 0 Å². The SMILES string of the molecule is NC1CC(NCc2ccc([N+](=O)[O-])cc2)C1. The van der Waals surface area contributed by atoms with E-state index < -0.39 is 0 Å². The van der Waals surface area contributed by atoms with Crippen LogP contribution in [0.15, 0.2) is 24.3 Å². The maximum atomic E-state index is 10.4. The smallest absolute Gasteiger partial charge is 0.269 e. The average molecular weight is 221 g/mol. The molecular weight excluding hydrogens is 206 g/mol. The predicted molar refractivity (Wildman–Crippen MR) is 60.9 cm³/mol. The molecule has 0 spiro atoms. The third-order valence-corrected chi connectivity index (χ3v) is 2.92. The van der Waals surface area contributed by atoms with Crippen molar-refractivity contribution in [3.63, 3.8) is 0 Å². The number of rotatable bonds is 4. The summed E-state index contributed by atoms with van der Waals surface area (Å²) < 4.78 is 0. The second kappa shape index (κ2) is 4.59. The predicted octanol–water partition coefficient (Wildman–Crippen LogP) is 1.17. The zero-order chi connectivity index (χ0) is 11.5. The van der Waals surface area contributed by atoms with Crippen molar-refractivity contribution < 1.29 is 4.92 Å². The van der Waals surface area contributed by atoms with Crippen molar-refractivity contribution in [2.45, 2.75) is 31.5 Å². The summed E-state index contributed by atoms with van der Waals surface area (Å²) in [6, 6.07) is 7.47. The molecule has 0 bridgehead atoms. The molecule has 0 atom stereocenters. The molecule has 5 heteroatoms. The van der Waals surface area contributed by atoms with E-state index in [1.54, 1.807) is 12.1 Å². The van der Waals surface area contributed by atoms with E-state index in [0.717, 1.165) is 24.9 Å². The van der Waals surface area contributed by atoms with Gasteiger partial charge in [-0.05, 0) is 18.4 Å². The maximum absolute atomic E-state index is 10.4. The highest BCUT2D eigenvalue weighted by Gasteiger charge is 2.24. The zero-order valence-corrected chi connectivity index (χ0v) is 8.93. The van der Waals surface area contributed by atoms with Gasteiger partial charge in [-0.25, -0.2) is 0 Å². The Morgan fingerprint density at radius 2 is 2.00 bits per heavy atom. The van der Waals surface area contributed by atoms with Crippen molar-refractivity contribution in [1.29, 1.82) is 0 Å². The summed E-state index contributed by atoms with van der Waals surface area (Å²) in [5.41, 5.74) is 6.87. The summed E-state index contributed by atoms with van der Waals surface area (Å²) in [6.45, 7) is 0.745. The Hall–Kier alpha value is -1.46. The third-order valence-electron chi connectivity index (χ3n) is 2.92. The van der Waals surface area contributed by atoms with E-state index >= 15 is 0 Å². The minimum absolute atomic E-state index is 0.134. The zero-order valence-electron chi connectivity index (χ0n) is 8.93. The van der Waals surface area contributed by atoms with Gasteiger partial charge < -0.3 is 11.1 Å². The third kappa shape index (κ3) is 2.56. The van der Waals surface area contributed by atoms with Crippen LogP contribution in [0, 0.1) is 10.1 Å². The molecule has 0 saturated heterocycles. The Morgan fingerprint density at radius 1 is 1.38 bits per heavy atom. The highest BCUT2D eigenvalue weighted by Crippen LogP contribution is 2.18. The standard InChI is InChI=1S/C11H15N3O2/c12-9-5-10(6-9)13-7-8-1-3-11(4-2-8)14(15)16/h1-4,9-10,13H,5-7,12H2. The van der Waals surface area contributed by atoms with E-state index in [0.29, 0.717) is 12.1 Å². The molecule has 0 heterocycles. The Morgan fingerprint density at radius 3 is 2.50 bits per heavy atom. The van der Waals surface area contributed by atoms with Crippen molar-refractivity contribution in [3.05, 3.63) is 39.9 Å². The molecule has 2 rings (SSSR count). The Balaban J connectivity index is 1.83. The molecule has 0 aliphatic heterocycles. The van der Waals surface area contributed by atoms with Crippen LogP contribution in [0.5, 0.6) is 0 Å². The van der Waals surface area contributed by atoms with Crippen LogP contribution >= 0.6 is 0 Å². The number of non-ortho nitro benzene ring substituents is 1. The normalized spacial score (nSPS) is 23.8. The molecule has 0 unspecified atom stereocenters. The first-order chi connectivity index (χ1) is 7.65. The summed E-state index contributed by atoms with van der Waals surface area (Å²) in [4.78, 5) is 10.1. The van der Waals surface area contributed by atoms with E-state index in [2.05, 4.69) is 5.32 Å². The second-order valence-electron chi connectivity index (χ2n) is 4.23. The monoisotopic (exact) mass is 221 g/mol. The van der Waals surface area contributed by atoms with Crippen LogP contribution in [0.4, 0.5) is 5.69 Å². The van der Waals surface area contributed by atoms with Crippen molar-refractivity contribution in [1.82, 2.24) is 5.32 Å². The van der Waals surface area contributed by atoms with Crippen LogP contribution in [0.2, 0.25) is 0 Å². The van der Waals surface area contributed by atoms with E-state index in [1.165, 1.54) is 12.1 Å². The summed E-state index contributed by atoms with van der Waals surface area (Å²) >= 11 is 0. The van der Waals surface area contributed by atoms with Gasteiger partial charge in [-0.2, -0.15) is 0 Å². The van der Waals surface area contributed by atoms with Gasteiger partial charge in [-0.3, -0.25) is 10.1 Å². The van der Waals surface area contributed by atoms with Crippen LogP contribution in [-0.4, -0.2) is 17.0 Å². The fourth-order valence-corrected chi connectivity index (χ4v) is 1.83. The van der Waals surface area contributed by atoms with Crippen molar-refractivity contribution in [2.24, 2.45) is 5.73 Å². The minimum atomic E-state index is -0.387. The molecule has 1 saturated carbocycles. The highest BCUT2D eigenvalue weighted by molar-refractivity contribution is 5.32. The van der Waals surface area contributed by atoms with Crippen LogP contribution < -0.4 is 11.1 Å². The van der Waals surface area contributed by atoms with E-state index in [4.69, 9.17) is 5.73 Å². The molecule has 86 valence electrons. The van der Waals surface area contributed by atoms with Gasteiger partial charge in [0, 0.05) is 30.8 Å². The summed E-state index contributed by atoms with van der Waals surface area (Å²) in [6.07, 6.45) is 2.04. The quantitative estimate of drug-likeness (QED) is 0.590. The fraction of sp³-hybridized carbons (Fsp3) is 0.455. The van der Waals surface area contributed by atoms with E-state index in [-0.39, 0.29) is 10.6 Å². The number of nitrogens with one attached hydrogen (secondary N) is 1. The average Bonchev–Trinajstić information content (AvgIpc) is 2.23. The summed E-state index contributed by atoms with van der Waals surface area (Å²) in [5.74, 6) is 0. The molecule has 3 N–H and O–H groups in total. The topological polar surface area (TPSA) is 81.2 Å². The van der Waals surface area contributed by atoms with Gasteiger partial charge in [0.25, 0.3) is 5.69 Å². The van der Waals surface area contributed by atoms with Crippen LogP contribution in [-0.2, 0) is 6.54 Å². The largest absolute Gasteiger partial charge is 0.328 e. The summed E-state index contributed by atoms with van der Waals surface area (Å²) in [7, 11) is 0. The van der Waals surface area contributed by atoms with Gasteiger partial charge in [-0.15, -0.1) is 0 Å². The highest BCUT2D eigenvalue weighted by atomic mass is 16.6. The molecular formula is C11H15N3O2. The first kappa shape index (κ1) is 11.0. The molecule has 0 radical (unpaired) electrons. The van der Waals surface area contributed by atoms with Crippen LogP contribution in [0.25, 0.3) is 0 Å². The molecule has 5 nitrogen and oxygen atoms in total. The van der Waals surface area contributed by atoms with Gasteiger partial charge >= 0.3 is 0 Å². The lowest BCUT2D eigenvalue weighted by molar-refractivity contribution is -0.384. The lowest BCUT2D eigenvalue weighted by Crippen LogP contribution is -2.48. The Labute approximate surface area is 93.8 Å². The van der Waals surface area contributed by atoms with Gasteiger partial charge in [0.15, 0.2) is 0 Å². The number of nitrogens with two attached hydrogens (primary N) is 1. The molecule has 0 amide bonds. The minimum Gasteiger partial charge on any atom is -0.328 e. The fourth-order valence-electron chi connectivity index (χ4n) is 1.83. The van der Waals surface area contributed by atoms with E-state index in [1.807, 2.05) is 0 Å². The van der Waals surface area contributed by atoms with Gasteiger partial charge in [0.2, 0.25) is 0 Å². The molecule has 0 aromatic heterocycles. The second-order valence-corrected chi connectivity index (χ2v) is 4.23. The molecule has 1 fully saturated rings. The first-order valence-corrected chi connectivity index (χ1v) is 5.37. The maximum Gasteiger partial charge on any atom is 0.269 e. The number of nitro benzene ring substituents is 1. The Kier molecular flexibility index (Phi) is 3.17. The van der Waals surface area contributed by atoms with Gasteiger partial charge in [-0.1, -0.05) is 12.1 Å². The lowest BCUT2D eigenvalue weighted by Gasteiger charge is -2.33. The molecule has 1 aliphatic carbocycles. The number of nitro groups is 1. The van der Waals surface area contributed by atoms with Gasteiger partial charge in [0.1, 0.15) is 0 Å². The number of benzene rings is 1. The molecule has 1 aromatic rings. The first-order valence-electron chi connectivity index (χ1n) is 5.37. The number of nitrogens with zero attached hydrogens (tertiary/aromatic N) is 1. The number of hydrogen-bond donors (Lipinski definition) is 2. The molecule has 1 aromatic carbocycles. The van der Waals surface area contributed by atoms with Gasteiger partial charge in [0.05, 0.1) is 4.92 Å². The van der Waals surface area contributed by atoms with Crippen molar-refractivity contribution >= 4 is 5.69 Å². The molecule has 16 heavy (non-hydrogen) atoms. The van der Waals surface area contributed by atoms with Crippen molar-refractivity contribution in [3.8, 4) is 0 Å². The summed E-state index contributed by atoms with van der Waals surface area (Å²) in [5, 5.41) is 13.8. The number of hydrogen-bond acceptors (Lipinski definition) is 4.